The molecule has 4 rings (SSSR count). The van der Waals surface area contributed by atoms with Crippen molar-refractivity contribution >= 4 is 18.9 Å². The molecule has 1 unspecified atom stereocenters. The molecule has 4 aliphatic rings. The maximum absolute atomic E-state index is 11.7. The molecule has 0 aromatic rings. The second kappa shape index (κ2) is 10.8. The van der Waals surface area contributed by atoms with Crippen molar-refractivity contribution in [2.24, 2.45) is 46.3 Å². The van der Waals surface area contributed by atoms with Crippen LogP contribution in [0.5, 0.6) is 0 Å². The molecular weight excluding hydrogens is 444 g/mol. The Balaban J connectivity index is 1.50. The number of fused-ring (bicyclic) bond motifs is 5. The van der Waals surface area contributed by atoms with Gasteiger partial charge in [-0.2, -0.15) is 0 Å². The summed E-state index contributed by atoms with van der Waals surface area (Å²) in [4.78, 5) is 34.1. The average molecular weight is 491 g/mol. The van der Waals surface area contributed by atoms with Gasteiger partial charge >= 0.3 is 5.97 Å². The Hall–Kier alpha value is -1.59. The molecule has 35 heavy (non-hydrogen) atoms. The Morgan fingerprint density at radius 1 is 0.971 bits per heavy atom. The summed E-state index contributed by atoms with van der Waals surface area (Å²) in [6.45, 7) is 8.58. The van der Waals surface area contributed by atoms with E-state index in [0.29, 0.717) is 54.9 Å². The van der Waals surface area contributed by atoms with Crippen LogP contribution in [0.15, 0.2) is 0 Å². The van der Waals surface area contributed by atoms with E-state index >= 15 is 0 Å². The number of methoxy groups -OCH3 is 1. The molecule has 0 aliphatic heterocycles. The van der Waals surface area contributed by atoms with Crippen LogP contribution < -0.4 is 0 Å². The molecule has 0 saturated heterocycles. The number of carbonyl (C=O) groups is 3. The van der Waals surface area contributed by atoms with Crippen LogP contribution in [0.1, 0.15) is 97.8 Å². The van der Waals surface area contributed by atoms with Crippen LogP contribution in [0.2, 0.25) is 0 Å². The fourth-order valence-corrected chi connectivity index (χ4v) is 9.63. The number of hydrogen-bond donors (Lipinski definition) is 0. The molecule has 6 heteroatoms. The minimum absolute atomic E-state index is 0.0187. The van der Waals surface area contributed by atoms with Crippen molar-refractivity contribution in [2.45, 2.75) is 110 Å². The van der Waals surface area contributed by atoms with Crippen LogP contribution in [0.3, 0.4) is 0 Å². The first-order valence-electron chi connectivity index (χ1n) is 14.0. The van der Waals surface area contributed by atoms with E-state index in [2.05, 4.69) is 20.8 Å². The second-order valence-electron chi connectivity index (χ2n) is 12.6. The van der Waals surface area contributed by atoms with Crippen LogP contribution in [0.4, 0.5) is 0 Å². The summed E-state index contributed by atoms with van der Waals surface area (Å²) in [6.07, 6.45) is 12.4. The standard InChI is InChI=1S/C29H46O6/c1-19(7-5-6-8-27(32)33-4)23-11-12-24-22-10-9-20-15-21(34-17-30)13-14-28(20,2)25(22)16-26(35-18-31)29(23,24)3/h17-26H,5-16H2,1-4H3/t19?,20-,21-,22+,23-,24+,25+,26+,28+,29-/m1/s1. The van der Waals surface area contributed by atoms with Crippen LogP contribution >= 0.6 is 0 Å². The summed E-state index contributed by atoms with van der Waals surface area (Å²) in [5, 5.41) is 0. The van der Waals surface area contributed by atoms with E-state index in [1.54, 1.807) is 0 Å². The Morgan fingerprint density at radius 2 is 1.74 bits per heavy atom. The maximum atomic E-state index is 11.7. The monoisotopic (exact) mass is 490 g/mol. The molecule has 0 bridgehead atoms. The molecule has 0 radical (unpaired) electrons. The van der Waals surface area contributed by atoms with Crippen molar-refractivity contribution in [1.29, 1.82) is 0 Å². The lowest BCUT2D eigenvalue weighted by Gasteiger charge is -2.62. The average Bonchev–Trinajstić information content (AvgIpc) is 3.21. The van der Waals surface area contributed by atoms with E-state index in [4.69, 9.17) is 14.2 Å². The van der Waals surface area contributed by atoms with Crippen molar-refractivity contribution in [1.82, 2.24) is 0 Å². The molecule has 4 aliphatic carbocycles. The van der Waals surface area contributed by atoms with E-state index in [-0.39, 0.29) is 29.0 Å². The lowest BCUT2D eigenvalue weighted by Crippen LogP contribution is -2.59. The number of hydrogen-bond acceptors (Lipinski definition) is 6. The van der Waals surface area contributed by atoms with Crippen molar-refractivity contribution in [3.8, 4) is 0 Å². The third kappa shape index (κ3) is 4.75. The van der Waals surface area contributed by atoms with Gasteiger partial charge in [0.15, 0.2) is 0 Å². The molecule has 0 N–H and O–H groups in total. The van der Waals surface area contributed by atoms with Gasteiger partial charge in [-0.25, -0.2) is 0 Å². The predicted molar refractivity (Wildman–Crippen MR) is 132 cm³/mol. The van der Waals surface area contributed by atoms with E-state index in [9.17, 15) is 14.4 Å². The highest BCUT2D eigenvalue weighted by Crippen LogP contribution is 2.69. The number of unbranched alkanes of at least 4 members (excludes halogenated alkanes) is 1. The first kappa shape index (κ1) is 26.5. The third-order valence-corrected chi connectivity index (χ3v) is 11.4. The molecule has 6 nitrogen and oxygen atoms in total. The van der Waals surface area contributed by atoms with Gasteiger partial charge in [0.25, 0.3) is 12.9 Å². The maximum Gasteiger partial charge on any atom is 0.305 e. The van der Waals surface area contributed by atoms with Crippen molar-refractivity contribution in [2.75, 3.05) is 7.11 Å². The SMILES string of the molecule is COC(=O)CCCCC(C)[C@H]1CC[C@H]2[C@@H]3CC[C@@H]4C[C@H](OC=O)CC[C@]4(C)[C@H]3C[C@H](OC=O)[C@]12C. The Morgan fingerprint density at radius 3 is 2.46 bits per heavy atom. The highest BCUT2D eigenvalue weighted by molar-refractivity contribution is 5.68. The molecule has 198 valence electrons. The topological polar surface area (TPSA) is 78.9 Å². The number of esters is 1. The molecular formula is C29H46O6. The zero-order valence-electron chi connectivity index (χ0n) is 22.2. The van der Waals surface area contributed by atoms with E-state index in [0.717, 1.165) is 44.9 Å². The smallest absolute Gasteiger partial charge is 0.305 e. The van der Waals surface area contributed by atoms with Gasteiger partial charge in [-0.15, -0.1) is 0 Å². The van der Waals surface area contributed by atoms with Crippen LogP contribution in [-0.2, 0) is 28.6 Å². The van der Waals surface area contributed by atoms with Crippen molar-refractivity contribution in [3.05, 3.63) is 0 Å². The zero-order valence-corrected chi connectivity index (χ0v) is 22.2. The van der Waals surface area contributed by atoms with Gasteiger partial charge in [-0.05, 0) is 98.7 Å². The molecule has 4 fully saturated rings. The van der Waals surface area contributed by atoms with Gasteiger partial charge in [0, 0.05) is 11.8 Å². The summed E-state index contributed by atoms with van der Waals surface area (Å²) in [5.41, 5.74) is 0.250. The molecule has 0 aromatic heterocycles. The van der Waals surface area contributed by atoms with Gasteiger partial charge < -0.3 is 14.2 Å². The summed E-state index contributed by atoms with van der Waals surface area (Å²) in [7, 11) is 1.45. The summed E-state index contributed by atoms with van der Waals surface area (Å²) < 4.78 is 16.1. The number of rotatable bonds is 10. The van der Waals surface area contributed by atoms with Gasteiger partial charge in [0.05, 0.1) is 7.11 Å². The highest BCUT2D eigenvalue weighted by atomic mass is 16.5. The minimum atomic E-state index is -0.126. The second-order valence-corrected chi connectivity index (χ2v) is 12.6. The molecule has 10 atom stereocenters. The third-order valence-electron chi connectivity index (χ3n) is 11.4. The van der Waals surface area contributed by atoms with Crippen molar-refractivity contribution in [3.63, 3.8) is 0 Å². The summed E-state index contributed by atoms with van der Waals surface area (Å²) in [5.74, 6) is 3.38. The van der Waals surface area contributed by atoms with Crippen molar-refractivity contribution < 1.29 is 28.6 Å². The van der Waals surface area contributed by atoms with E-state index < -0.39 is 0 Å². The quantitative estimate of drug-likeness (QED) is 0.169. The molecule has 0 spiro atoms. The largest absolute Gasteiger partial charge is 0.469 e. The van der Waals surface area contributed by atoms with E-state index in [1.807, 2.05) is 0 Å². The van der Waals surface area contributed by atoms with Crippen LogP contribution in [-0.4, -0.2) is 38.2 Å². The van der Waals surface area contributed by atoms with Gasteiger partial charge in [0.2, 0.25) is 0 Å². The van der Waals surface area contributed by atoms with Crippen LogP contribution in [0.25, 0.3) is 0 Å². The van der Waals surface area contributed by atoms with Crippen LogP contribution in [0, 0.1) is 46.3 Å². The van der Waals surface area contributed by atoms with Gasteiger partial charge in [0.1, 0.15) is 12.2 Å². The minimum Gasteiger partial charge on any atom is -0.469 e. The highest BCUT2D eigenvalue weighted by Gasteiger charge is 2.64. The van der Waals surface area contributed by atoms with Gasteiger partial charge in [-0.1, -0.05) is 33.6 Å². The first-order valence-corrected chi connectivity index (χ1v) is 14.0. The molecule has 0 amide bonds. The number of carbonyl (C=O) groups excluding carboxylic acids is 3. The summed E-state index contributed by atoms with van der Waals surface area (Å²) >= 11 is 0. The molecule has 0 heterocycles. The molecule has 4 saturated carbocycles. The normalized spacial score (nSPS) is 43.1. The first-order chi connectivity index (χ1) is 16.8. The summed E-state index contributed by atoms with van der Waals surface area (Å²) in [6, 6.07) is 0. The Bertz CT molecular complexity index is 768. The fourth-order valence-electron chi connectivity index (χ4n) is 9.63. The lowest BCUT2D eigenvalue weighted by molar-refractivity contribution is -0.190. The Labute approximate surface area is 211 Å². The number of ether oxygens (including phenoxy) is 3. The zero-order chi connectivity index (χ0) is 25.2. The Kier molecular flexibility index (Phi) is 8.17. The van der Waals surface area contributed by atoms with E-state index in [1.165, 1.54) is 32.8 Å². The fraction of sp³-hybridized carbons (Fsp3) is 0.897. The van der Waals surface area contributed by atoms with Gasteiger partial charge in [-0.3, -0.25) is 14.4 Å². The predicted octanol–water partition coefficient (Wildman–Crippen LogP) is 5.71. The lowest BCUT2D eigenvalue weighted by atomic mass is 9.43. The molecule has 0 aromatic carbocycles.